The molecule has 0 unspecified atom stereocenters. The number of hydrogen-bond donors (Lipinski definition) is 1. The lowest BCUT2D eigenvalue weighted by Gasteiger charge is -2.13. The van der Waals surface area contributed by atoms with Gasteiger partial charge in [0, 0.05) is 24.1 Å². The number of benzene rings is 2. The number of amides is 1. The molecule has 0 saturated carbocycles. The molecule has 0 atom stereocenters. The summed E-state index contributed by atoms with van der Waals surface area (Å²) in [6, 6.07) is 11.3. The van der Waals surface area contributed by atoms with Gasteiger partial charge in [-0.05, 0) is 17.7 Å². The van der Waals surface area contributed by atoms with E-state index in [0.29, 0.717) is 11.0 Å². The molecule has 0 radical (unpaired) electrons. The van der Waals surface area contributed by atoms with Crippen LogP contribution in [0.25, 0.3) is 11.0 Å². The first-order chi connectivity index (χ1) is 12.0. The lowest BCUT2D eigenvalue weighted by atomic mass is 10.1. The predicted molar refractivity (Wildman–Crippen MR) is 86.2 cm³/mol. The first-order valence-corrected chi connectivity index (χ1v) is 7.21. The summed E-state index contributed by atoms with van der Waals surface area (Å²) in [5.41, 5.74) is -0.874. The molecule has 0 aliphatic carbocycles. The van der Waals surface area contributed by atoms with Gasteiger partial charge in [-0.1, -0.05) is 24.3 Å². The van der Waals surface area contributed by atoms with Crippen molar-refractivity contribution in [2.45, 2.75) is 6.54 Å². The molecule has 1 heterocycles. The topological polar surface area (TPSA) is 126 Å². The van der Waals surface area contributed by atoms with Crippen molar-refractivity contribution in [2.24, 2.45) is 0 Å². The van der Waals surface area contributed by atoms with Crippen molar-refractivity contribution in [3.63, 3.8) is 0 Å². The van der Waals surface area contributed by atoms with E-state index in [1.807, 2.05) is 0 Å². The van der Waals surface area contributed by atoms with Crippen molar-refractivity contribution >= 4 is 22.6 Å². The average Bonchev–Trinajstić information content (AvgIpc) is 2.60. The van der Waals surface area contributed by atoms with Gasteiger partial charge in [0.25, 0.3) is 11.6 Å². The Labute approximate surface area is 140 Å². The number of para-hydroxylation sites is 1. The van der Waals surface area contributed by atoms with Crippen molar-refractivity contribution in [1.82, 2.24) is 5.32 Å². The summed E-state index contributed by atoms with van der Waals surface area (Å²) < 4.78 is 5.07. The van der Waals surface area contributed by atoms with Gasteiger partial charge in [-0.3, -0.25) is 14.9 Å². The molecular weight excluding hydrogens is 328 g/mol. The molecule has 0 aliphatic rings. The molecule has 3 rings (SSSR count). The van der Waals surface area contributed by atoms with Gasteiger partial charge in [0.15, 0.2) is 0 Å². The van der Waals surface area contributed by atoms with Crippen LogP contribution in [0, 0.1) is 10.1 Å². The standard InChI is InChI=1S/C17H12N2O6/c20-14-6-5-12(19(23)24)7-11(14)9-18-16(21)13-8-10-3-1-2-4-15(10)25-17(13)22/h1-8,20H,9H2,(H,18,21)/p-1. The number of carbonyl (C=O) groups excluding carboxylic acids is 1. The van der Waals surface area contributed by atoms with Gasteiger partial charge in [-0.15, -0.1) is 5.75 Å². The number of nitro groups is 1. The van der Waals surface area contributed by atoms with Gasteiger partial charge < -0.3 is 14.8 Å². The highest BCUT2D eigenvalue weighted by Crippen LogP contribution is 2.20. The van der Waals surface area contributed by atoms with Crippen LogP contribution in [-0.2, 0) is 6.54 Å². The molecule has 3 aromatic rings. The third-order valence-electron chi connectivity index (χ3n) is 3.58. The Morgan fingerprint density at radius 3 is 2.68 bits per heavy atom. The van der Waals surface area contributed by atoms with E-state index in [-0.39, 0.29) is 23.4 Å². The van der Waals surface area contributed by atoms with E-state index in [9.17, 15) is 24.8 Å². The number of carbonyl (C=O) groups is 1. The van der Waals surface area contributed by atoms with Crippen molar-refractivity contribution in [1.29, 1.82) is 0 Å². The zero-order valence-electron chi connectivity index (χ0n) is 12.7. The number of nitro benzene ring substituents is 1. The Kier molecular flexibility index (Phi) is 4.17. The third-order valence-corrected chi connectivity index (χ3v) is 3.58. The van der Waals surface area contributed by atoms with Crippen LogP contribution >= 0.6 is 0 Å². The Morgan fingerprint density at radius 2 is 1.92 bits per heavy atom. The van der Waals surface area contributed by atoms with Crippen molar-refractivity contribution in [3.8, 4) is 5.75 Å². The van der Waals surface area contributed by atoms with Crippen LogP contribution in [0.1, 0.15) is 15.9 Å². The van der Waals surface area contributed by atoms with Crippen LogP contribution in [0.3, 0.4) is 0 Å². The second kappa shape index (κ2) is 6.44. The third kappa shape index (κ3) is 3.32. The normalized spacial score (nSPS) is 10.6. The van der Waals surface area contributed by atoms with Crippen LogP contribution in [0.15, 0.2) is 57.7 Å². The summed E-state index contributed by atoms with van der Waals surface area (Å²) in [6.07, 6.45) is 0. The molecule has 2 aromatic carbocycles. The SMILES string of the molecule is O=C(NCc1cc([N+](=O)[O-])ccc1[O-])c1cc2ccccc2oc1=O. The molecule has 0 aliphatic heterocycles. The van der Waals surface area contributed by atoms with E-state index in [1.54, 1.807) is 24.3 Å². The number of nitrogens with one attached hydrogen (secondary N) is 1. The Hall–Kier alpha value is -3.68. The summed E-state index contributed by atoms with van der Waals surface area (Å²) in [5.74, 6) is -1.18. The van der Waals surface area contributed by atoms with Crippen molar-refractivity contribution in [2.75, 3.05) is 0 Å². The first kappa shape index (κ1) is 16.2. The van der Waals surface area contributed by atoms with Crippen molar-refractivity contribution in [3.05, 3.63) is 80.2 Å². The maximum Gasteiger partial charge on any atom is 0.349 e. The molecule has 0 spiro atoms. The molecule has 0 saturated heterocycles. The summed E-state index contributed by atoms with van der Waals surface area (Å²) in [5, 5.41) is 25.5. The Balaban J connectivity index is 1.84. The van der Waals surface area contributed by atoms with E-state index in [0.717, 1.165) is 18.2 Å². The van der Waals surface area contributed by atoms with Crippen LogP contribution in [0.4, 0.5) is 5.69 Å². The van der Waals surface area contributed by atoms with E-state index >= 15 is 0 Å². The maximum atomic E-state index is 12.2. The highest BCUT2D eigenvalue weighted by molar-refractivity contribution is 5.96. The van der Waals surface area contributed by atoms with Crippen LogP contribution in [-0.4, -0.2) is 10.8 Å². The quantitative estimate of drug-likeness (QED) is 0.438. The smallest absolute Gasteiger partial charge is 0.349 e. The fraction of sp³-hybridized carbons (Fsp3) is 0.0588. The monoisotopic (exact) mass is 339 g/mol. The van der Waals surface area contributed by atoms with E-state index in [4.69, 9.17) is 4.42 Å². The van der Waals surface area contributed by atoms with Crippen LogP contribution in [0.5, 0.6) is 5.75 Å². The van der Waals surface area contributed by atoms with Gasteiger partial charge in [0.05, 0.1) is 4.92 Å². The molecule has 1 amide bonds. The lowest BCUT2D eigenvalue weighted by Crippen LogP contribution is -2.28. The fourth-order valence-electron chi connectivity index (χ4n) is 2.31. The van der Waals surface area contributed by atoms with Gasteiger partial charge in [0.2, 0.25) is 0 Å². The minimum Gasteiger partial charge on any atom is -0.872 e. The van der Waals surface area contributed by atoms with E-state index in [1.165, 1.54) is 6.07 Å². The number of non-ortho nitro benzene ring substituents is 1. The molecule has 8 heteroatoms. The van der Waals surface area contributed by atoms with Gasteiger partial charge in [0.1, 0.15) is 11.1 Å². The molecule has 1 N–H and O–H groups in total. The van der Waals surface area contributed by atoms with Crippen LogP contribution < -0.4 is 16.0 Å². The molecule has 0 bridgehead atoms. The summed E-state index contributed by atoms with van der Waals surface area (Å²) in [4.78, 5) is 34.2. The molecule has 0 fully saturated rings. The Bertz CT molecular complexity index is 1040. The average molecular weight is 339 g/mol. The second-order valence-electron chi connectivity index (χ2n) is 5.22. The van der Waals surface area contributed by atoms with Crippen molar-refractivity contribution < 1.29 is 19.2 Å². The molecule has 25 heavy (non-hydrogen) atoms. The predicted octanol–water partition coefficient (Wildman–Crippen LogP) is 1.70. The van der Waals surface area contributed by atoms with E-state index in [2.05, 4.69) is 5.32 Å². The largest absolute Gasteiger partial charge is 0.872 e. The van der Waals surface area contributed by atoms with Gasteiger partial charge in [-0.2, -0.15) is 0 Å². The highest BCUT2D eigenvalue weighted by Gasteiger charge is 2.14. The summed E-state index contributed by atoms with van der Waals surface area (Å²) in [7, 11) is 0. The minimum absolute atomic E-state index is 0.0488. The first-order valence-electron chi connectivity index (χ1n) is 7.21. The molecule has 8 nitrogen and oxygen atoms in total. The molecular formula is C17H11N2O6-. The van der Waals surface area contributed by atoms with Crippen LogP contribution in [0.2, 0.25) is 0 Å². The van der Waals surface area contributed by atoms with Gasteiger partial charge >= 0.3 is 5.63 Å². The Morgan fingerprint density at radius 1 is 1.16 bits per heavy atom. The molecule has 1 aromatic heterocycles. The molecule has 126 valence electrons. The van der Waals surface area contributed by atoms with Gasteiger partial charge in [-0.25, -0.2) is 4.79 Å². The number of rotatable bonds is 4. The number of nitrogens with zero attached hydrogens (tertiary/aromatic N) is 1. The second-order valence-corrected chi connectivity index (χ2v) is 5.22. The zero-order valence-corrected chi connectivity index (χ0v) is 12.7. The number of hydrogen-bond acceptors (Lipinski definition) is 6. The number of fused-ring (bicyclic) bond motifs is 1. The minimum atomic E-state index is -0.808. The summed E-state index contributed by atoms with van der Waals surface area (Å²) >= 11 is 0. The fourth-order valence-corrected chi connectivity index (χ4v) is 2.31. The maximum absolute atomic E-state index is 12.2. The summed E-state index contributed by atoms with van der Waals surface area (Å²) in [6.45, 7) is -0.244. The zero-order chi connectivity index (χ0) is 18.0. The van der Waals surface area contributed by atoms with E-state index < -0.39 is 22.2 Å². The lowest BCUT2D eigenvalue weighted by molar-refractivity contribution is -0.385. The highest BCUT2D eigenvalue weighted by atomic mass is 16.6.